The number of carbonyl (C=O) groups is 3. The average Bonchev–Trinajstić information content (AvgIpc) is 3.22. The van der Waals surface area contributed by atoms with Crippen molar-refractivity contribution in [1.82, 2.24) is 20.1 Å². The van der Waals surface area contributed by atoms with E-state index < -0.39 is 19.1 Å². The molecule has 7 nitrogen and oxygen atoms in total. The lowest BCUT2D eigenvalue weighted by molar-refractivity contribution is -0.130. The molecule has 3 aromatic rings. The van der Waals surface area contributed by atoms with Gasteiger partial charge in [-0.3, -0.25) is 9.59 Å². The number of nitrogens with one attached hydrogen (secondary N) is 2. The molecule has 1 saturated heterocycles. The van der Waals surface area contributed by atoms with Crippen LogP contribution < -0.4 is 10.6 Å². The van der Waals surface area contributed by atoms with E-state index in [0.29, 0.717) is 17.0 Å². The van der Waals surface area contributed by atoms with Crippen molar-refractivity contribution in [3.05, 3.63) is 83.0 Å². The van der Waals surface area contributed by atoms with E-state index in [0.717, 1.165) is 34.9 Å². The van der Waals surface area contributed by atoms with Crippen molar-refractivity contribution < 1.29 is 27.6 Å². The number of likely N-dealkylation sites (tertiary alicyclic amines) is 1. The molecular formula is C27H30BrF3N4O3. The van der Waals surface area contributed by atoms with Crippen LogP contribution in [0.3, 0.4) is 0 Å². The van der Waals surface area contributed by atoms with Gasteiger partial charge in [0.25, 0.3) is 5.91 Å². The predicted molar refractivity (Wildman–Crippen MR) is 145 cm³/mol. The summed E-state index contributed by atoms with van der Waals surface area (Å²) in [6.07, 6.45) is 2.30. The van der Waals surface area contributed by atoms with Gasteiger partial charge in [-0.1, -0.05) is 52.8 Å². The molecule has 38 heavy (non-hydrogen) atoms. The van der Waals surface area contributed by atoms with E-state index in [-0.39, 0.29) is 18.9 Å². The van der Waals surface area contributed by atoms with Crippen LogP contribution in [-0.4, -0.2) is 67.0 Å². The number of halogens is 4. The highest BCUT2D eigenvalue weighted by atomic mass is 79.9. The van der Waals surface area contributed by atoms with Crippen molar-refractivity contribution in [3.63, 3.8) is 0 Å². The SMILES string of the molecule is C=CC(=O)N1CC(NC)C1.FCF.O=CCn1cc(C(=O)NC(F)Cc2ccccc2)c2cc(Br)ccc21. The van der Waals surface area contributed by atoms with E-state index in [2.05, 4.69) is 33.1 Å². The first-order valence-electron chi connectivity index (χ1n) is 11.7. The van der Waals surface area contributed by atoms with Crippen LogP contribution in [0.2, 0.25) is 0 Å². The highest BCUT2D eigenvalue weighted by Crippen LogP contribution is 2.25. The highest BCUT2D eigenvalue weighted by molar-refractivity contribution is 9.10. The van der Waals surface area contributed by atoms with Gasteiger partial charge in [-0.05, 0) is 36.9 Å². The van der Waals surface area contributed by atoms with E-state index in [1.54, 1.807) is 21.7 Å². The Balaban J connectivity index is 0.000000324. The molecular weight excluding hydrogens is 565 g/mol. The van der Waals surface area contributed by atoms with Crippen molar-refractivity contribution in [2.75, 3.05) is 27.1 Å². The fourth-order valence-electron chi connectivity index (χ4n) is 3.74. The van der Waals surface area contributed by atoms with Gasteiger partial charge in [-0.2, -0.15) is 0 Å². The number of nitrogens with zero attached hydrogens (tertiary/aromatic N) is 2. The van der Waals surface area contributed by atoms with Crippen LogP contribution in [0.1, 0.15) is 15.9 Å². The highest BCUT2D eigenvalue weighted by Gasteiger charge is 2.27. The summed E-state index contributed by atoms with van der Waals surface area (Å²) in [6.45, 7) is 3.43. The number of fused-ring (bicyclic) bond motifs is 1. The third-order valence-electron chi connectivity index (χ3n) is 5.68. The maximum absolute atomic E-state index is 14.3. The minimum atomic E-state index is -1.75. The molecule has 1 aliphatic heterocycles. The Morgan fingerprint density at radius 2 is 1.84 bits per heavy atom. The molecule has 204 valence electrons. The first kappa shape index (κ1) is 30.8. The third kappa shape index (κ3) is 8.84. The number of aldehydes is 1. The minimum Gasteiger partial charge on any atom is -0.340 e. The molecule has 1 aromatic heterocycles. The number of likely N-dealkylation sites (N-methyl/N-ethyl adjacent to an activating group) is 1. The Morgan fingerprint density at radius 3 is 2.42 bits per heavy atom. The molecule has 0 spiro atoms. The summed E-state index contributed by atoms with van der Waals surface area (Å²) in [5.74, 6) is -0.470. The normalized spacial score (nSPS) is 13.2. The Morgan fingerprint density at radius 1 is 1.18 bits per heavy atom. The Bertz CT molecular complexity index is 1220. The van der Waals surface area contributed by atoms with Gasteiger partial charge in [-0.25, -0.2) is 13.2 Å². The molecule has 0 saturated carbocycles. The Kier molecular flexibility index (Phi) is 12.7. The summed E-state index contributed by atoms with van der Waals surface area (Å²) in [7, 11) is 1.90. The molecule has 1 atom stereocenters. The third-order valence-corrected chi connectivity index (χ3v) is 6.17. The number of amides is 2. The van der Waals surface area contributed by atoms with Crippen LogP contribution in [0, 0.1) is 0 Å². The average molecular weight is 595 g/mol. The van der Waals surface area contributed by atoms with Gasteiger partial charge in [0.2, 0.25) is 12.8 Å². The zero-order valence-corrected chi connectivity index (χ0v) is 22.5. The number of rotatable bonds is 8. The van der Waals surface area contributed by atoms with Crippen LogP contribution in [0.5, 0.6) is 0 Å². The number of carbonyl (C=O) groups excluding carboxylic acids is 3. The van der Waals surface area contributed by atoms with Crippen molar-refractivity contribution >= 4 is 44.9 Å². The van der Waals surface area contributed by atoms with E-state index in [1.807, 2.05) is 49.5 Å². The van der Waals surface area contributed by atoms with Crippen molar-refractivity contribution in [2.24, 2.45) is 0 Å². The largest absolute Gasteiger partial charge is 0.340 e. The molecule has 2 N–H and O–H groups in total. The Hall–Kier alpha value is -3.44. The van der Waals surface area contributed by atoms with Crippen molar-refractivity contribution in [1.29, 1.82) is 0 Å². The summed E-state index contributed by atoms with van der Waals surface area (Å²) in [5, 5.41) is 6.14. The smallest absolute Gasteiger partial charge is 0.255 e. The van der Waals surface area contributed by atoms with Gasteiger partial charge in [0.05, 0.1) is 12.1 Å². The lowest BCUT2D eigenvalue weighted by Gasteiger charge is -2.38. The standard InChI is InChI=1S/C19H16BrFN2O2.C7H12N2O.CH2F2/c20-14-6-7-17-15(11-14)16(12-23(17)8-9-24)19(25)22-18(21)10-13-4-2-1-3-5-13;1-3-7(10)9-4-6(5-9)8-2;2-1-3/h1-7,9,11-12,18H,8,10H2,(H,22,25);3,6,8H,1,4-5H2,2H3;1H2. The second-order valence-electron chi connectivity index (χ2n) is 8.19. The summed E-state index contributed by atoms with van der Waals surface area (Å²) >= 11 is 3.37. The number of hydrogen-bond acceptors (Lipinski definition) is 4. The Labute approximate surface area is 227 Å². The summed E-state index contributed by atoms with van der Waals surface area (Å²) in [6, 6.07) is 15.1. The number of hydrogen-bond donors (Lipinski definition) is 2. The molecule has 1 fully saturated rings. The van der Waals surface area contributed by atoms with Gasteiger partial charge in [0, 0.05) is 47.1 Å². The second-order valence-corrected chi connectivity index (χ2v) is 9.10. The van der Waals surface area contributed by atoms with Crippen LogP contribution in [0.15, 0.2) is 71.9 Å². The van der Waals surface area contributed by atoms with Gasteiger partial charge in [0.15, 0.2) is 6.30 Å². The van der Waals surface area contributed by atoms with E-state index in [9.17, 15) is 27.6 Å². The fourth-order valence-corrected chi connectivity index (χ4v) is 4.11. The quantitative estimate of drug-likeness (QED) is 0.231. The molecule has 2 aromatic carbocycles. The molecule has 2 heterocycles. The number of alkyl halides is 3. The molecule has 4 rings (SSSR count). The summed E-state index contributed by atoms with van der Waals surface area (Å²) < 4.78 is 36.0. The van der Waals surface area contributed by atoms with Crippen LogP contribution in [0.25, 0.3) is 10.9 Å². The molecule has 1 unspecified atom stereocenters. The summed E-state index contributed by atoms with van der Waals surface area (Å²) in [4.78, 5) is 36.0. The minimum absolute atomic E-state index is 0.0338. The van der Waals surface area contributed by atoms with Gasteiger partial charge < -0.3 is 24.9 Å². The lowest BCUT2D eigenvalue weighted by atomic mass is 10.1. The molecule has 1 aliphatic rings. The van der Waals surface area contributed by atoms with Gasteiger partial charge >= 0.3 is 0 Å². The molecule has 11 heteroatoms. The van der Waals surface area contributed by atoms with Gasteiger partial charge in [0.1, 0.15) is 6.29 Å². The molecule has 2 amide bonds. The fraction of sp³-hybridized carbons (Fsp3) is 0.296. The number of benzene rings is 2. The monoisotopic (exact) mass is 594 g/mol. The van der Waals surface area contributed by atoms with Crippen LogP contribution >= 0.6 is 15.9 Å². The topological polar surface area (TPSA) is 83.4 Å². The molecule has 0 aliphatic carbocycles. The molecule has 0 bridgehead atoms. The van der Waals surface area contributed by atoms with E-state index in [4.69, 9.17) is 0 Å². The first-order valence-corrected chi connectivity index (χ1v) is 12.5. The van der Waals surface area contributed by atoms with Crippen LogP contribution in [0.4, 0.5) is 13.2 Å². The molecule has 0 radical (unpaired) electrons. The van der Waals surface area contributed by atoms with E-state index >= 15 is 0 Å². The maximum Gasteiger partial charge on any atom is 0.255 e. The van der Waals surface area contributed by atoms with E-state index in [1.165, 1.54) is 6.08 Å². The lowest BCUT2D eigenvalue weighted by Crippen LogP contribution is -2.58. The second kappa shape index (κ2) is 15.7. The predicted octanol–water partition coefficient (Wildman–Crippen LogP) is 4.36. The zero-order chi connectivity index (χ0) is 28.1. The number of aromatic nitrogens is 1. The van der Waals surface area contributed by atoms with Gasteiger partial charge in [-0.15, -0.1) is 0 Å². The zero-order valence-electron chi connectivity index (χ0n) is 20.9. The first-order chi connectivity index (χ1) is 18.3. The van der Waals surface area contributed by atoms with Crippen molar-refractivity contribution in [2.45, 2.75) is 25.3 Å². The van der Waals surface area contributed by atoms with Crippen LogP contribution in [-0.2, 0) is 22.6 Å². The maximum atomic E-state index is 14.3. The van der Waals surface area contributed by atoms with Crippen molar-refractivity contribution in [3.8, 4) is 0 Å². The summed E-state index contributed by atoms with van der Waals surface area (Å²) in [5.41, 5.74) is 1.90.